The standard InChI is InChI=1S/C15H12ClNO2S/c16-10-12-11-17(15-9-5-4-8-14(12)15)20(18,19)13-6-2-1-3-7-13/h1-9,11H,10H2. The van der Waals surface area contributed by atoms with Crippen LogP contribution in [-0.4, -0.2) is 12.4 Å². The highest BCUT2D eigenvalue weighted by molar-refractivity contribution is 7.90. The molecule has 0 spiro atoms. The van der Waals surface area contributed by atoms with Crippen LogP contribution in [0.2, 0.25) is 0 Å². The van der Waals surface area contributed by atoms with Gasteiger partial charge in [0.15, 0.2) is 0 Å². The zero-order valence-electron chi connectivity index (χ0n) is 10.5. The third-order valence-corrected chi connectivity index (χ3v) is 5.18. The van der Waals surface area contributed by atoms with Crippen molar-refractivity contribution in [2.24, 2.45) is 0 Å². The molecular formula is C15H12ClNO2S. The summed E-state index contributed by atoms with van der Waals surface area (Å²) in [7, 11) is -3.60. The number of aromatic nitrogens is 1. The smallest absolute Gasteiger partial charge is 0.241 e. The molecule has 0 unspecified atom stereocenters. The van der Waals surface area contributed by atoms with Gasteiger partial charge in [0.1, 0.15) is 0 Å². The molecule has 0 atom stereocenters. The van der Waals surface area contributed by atoms with Crippen LogP contribution in [0, 0.1) is 0 Å². The zero-order valence-corrected chi connectivity index (χ0v) is 12.1. The molecule has 0 N–H and O–H groups in total. The number of halogens is 1. The van der Waals surface area contributed by atoms with E-state index in [2.05, 4.69) is 0 Å². The highest BCUT2D eigenvalue weighted by Gasteiger charge is 2.20. The maximum atomic E-state index is 12.7. The SMILES string of the molecule is O=S(=O)(c1ccccc1)n1cc(CCl)c2ccccc21. The molecule has 0 bridgehead atoms. The number of hydrogen-bond acceptors (Lipinski definition) is 2. The Balaban J connectivity index is 2.30. The van der Waals surface area contributed by atoms with Crippen molar-refractivity contribution in [1.29, 1.82) is 0 Å². The number of nitrogens with zero attached hydrogens (tertiary/aromatic N) is 1. The molecule has 102 valence electrons. The van der Waals surface area contributed by atoms with E-state index in [0.29, 0.717) is 5.52 Å². The summed E-state index contributed by atoms with van der Waals surface area (Å²) in [5, 5.41) is 0.863. The Labute approximate surface area is 122 Å². The van der Waals surface area contributed by atoms with E-state index in [4.69, 9.17) is 11.6 Å². The van der Waals surface area contributed by atoms with Crippen LogP contribution in [-0.2, 0) is 15.9 Å². The molecule has 0 radical (unpaired) electrons. The molecule has 1 heterocycles. The monoisotopic (exact) mass is 305 g/mol. The minimum Gasteiger partial charge on any atom is -0.241 e. The zero-order chi connectivity index (χ0) is 14.2. The van der Waals surface area contributed by atoms with E-state index in [0.717, 1.165) is 10.9 Å². The van der Waals surface area contributed by atoms with E-state index in [9.17, 15) is 8.42 Å². The van der Waals surface area contributed by atoms with Crippen molar-refractivity contribution in [3.05, 3.63) is 66.4 Å². The fourth-order valence-corrected chi connectivity index (χ4v) is 3.85. The van der Waals surface area contributed by atoms with Gasteiger partial charge in [0.05, 0.1) is 10.4 Å². The Morgan fingerprint density at radius 3 is 2.30 bits per heavy atom. The van der Waals surface area contributed by atoms with Gasteiger partial charge in [-0.2, -0.15) is 0 Å². The van der Waals surface area contributed by atoms with Gasteiger partial charge < -0.3 is 0 Å². The molecule has 0 aliphatic carbocycles. The fraction of sp³-hybridized carbons (Fsp3) is 0.0667. The Morgan fingerprint density at radius 1 is 0.950 bits per heavy atom. The lowest BCUT2D eigenvalue weighted by atomic mass is 10.2. The second-order valence-electron chi connectivity index (χ2n) is 4.42. The number of rotatable bonds is 3. The van der Waals surface area contributed by atoms with Crippen LogP contribution in [0.4, 0.5) is 0 Å². The van der Waals surface area contributed by atoms with Crippen LogP contribution in [0.25, 0.3) is 10.9 Å². The normalized spacial score (nSPS) is 11.8. The summed E-state index contributed by atoms with van der Waals surface area (Å²) in [5.74, 6) is 0.276. The van der Waals surface area contributed by atoms with Crippen molar-refractivity contribution in [1.82, 2.24) is 3.97 Å². The summed E-state index contributed by atoms with van der Waals surface area (Å²) in [6.45, 7) is 0. The van der Waals surface area contributed by atoms with Crippen molar-refractivity contribution in [3.63, 3.8) is 0 Å². The lowest BCUT2D eigenvalue weighted by Gasteiger charge is -2.07. The van der Waals surface area contributed by atoms with Gasteiger partial charge in [0, 0.05) is 17.5 Å². The number of alkyl halides is 1. The maximum Gasteiger partial charge on any atom is 0.268 e. The highest BCUT2D eigenvalue weighted by Crippen LogP contribution is 2.26. The van der Waals surface area contributed by atoms with Crippen molar-refractivity contribution < 1.29 is 8.42 Å². The number of para-hydroxylation sites is 1. The molecule has 20 heavy (non-hydrogen) atoms. The molecule has 2 aromatic carbocycles. The van der Waals surface area contributed by atoms with Crippen LogP contribution < -0.4 is 0 Å². The molecule has 5 heteroatoms. The summed E-state index contributed by atoms with van der Waals surface area (Å²) in [6.07, 6.45) is 1.60. The van der Waals surface area contributed by atoms with Crippen molar-refractivity contribution in [2.75, 3.05) is 0 Å². The first-order valence-electron chi connectivity index (χ1n) is 6.10. The Kier molecular flexibility index (Phi) is 3.28. The molecule has 0 saturated heterocycles. The number of benzene rings is 2. The first-order chi connectivity index (χ1) is 9.64. The maximum absolute atomic E-state index is 12.7. The predicted octanol–water partition coefficient (Wildman–Crippen LogP) is 3.62. The van der Waals surface area contributed by atoms with Crippen LogP contribution in [0.5, 0.6) is 0 Å². The van der Waals surface area contributed by atoms with E-state index in [1.807, 2.05) is 18.2 Å². The average Bonchev–Trinajstić information content (AvgIpc) is 2.88. The lowest BCUT2D eigenvalue weighted by Crippen LogP contribution is -2.11. The van der Waals surface area contributed by atoms with E-state index < -0.39 is 10.0 Å². The van der Waals surface area contributed by atoms with Gasteiger partial charge in [0.2, 0.25) is 0 Å². The van der Waals surface area contributed by atoms with Gasteiger partial charge in [-0.3, -0.25) is 0 Å². The van der Waals surface area contributed by atoms with E-state index >= 15 is 0 Å². The minimum atomic E-state index is -3.60. The summed E-state index contributed by atoms with van der Waals surface area (Å²) in [4.78, 5) is 0.266. The van der Waals surface area contributed by atoms with Crippen LogP contribution in [0.15, 0.2) is 65.7 Å². The third kappa shape index (κ3) is 2.01. The summed E-state index contributed by atoms with van der Waals surface area (Å²) < 4.78 is 26.7. The average molecular weight is 306 g/mol. The molecule has 0 amide bonds. The van der Waals surface area contributed by atoms with Gasteiger partial charge >= 0.3 is 0 Å². The van der Waals surface area contributed by atoms with Crippen molar-refractivity contribution in [3.8, 4) is 0 Å². The molecular weight excluding hydrogens is 294 g/mol. The Bertz CT molecular complexity index is 854. The minimum absolute atomic E-state index is 0.266. The van der Waals surface area contributed by atoms with Crippen molar-refractivity contribution >= 4 is 32.5 Å². The highest BCUT2D eigenvalue weighted by atomic mass is 35.5. The first-order valence-corrected chi connectivity index (χ1v) is 8.07. The van der Waals surface area contributed by atoms with Crippen LogP contribution in [0.3, 0.4) is 0 Å². The molecule has 3 nitrogen and oxygen atoms in total. The number of hydrogen-bond donors (Lipinski definition) is 0. The first kappa shape index (κ1) is 13.2. The molecule has 3 rings (SSSR count). The molecule has 0 fully saturated rings. The van der Waals surface area contributed by atoms with E-state index in [1.54, 1.807) is 42.6 Å². The second kappa shape index (κ2) is 4.96. The topological polar surface area (TPSA) is 39.1 Å². The van der Waals surface area contributed by atoms with E-state index in [-0.39, 0.29) is 10.8 Å². The molecule has 1 aromatic heterocycles. The van der Waals surface area contributed by atoms with Gasteiger partial charge in [-0.25, -0.2) is 12.4 Å². The van der Waals surface area contributed by atoms with Crippen molar-refractivity contribution in [2.45, 2.75) is 10.8 Å². The molecule has 3 aromatic rings. The Morgan fingerprint density at radius 2 is 1.60 bits per heavy atom. The van der Waals surface area contributed by atoms with Gasteiger partial charge in [-0.1, -0.05) is 36.4 Å². The second-order valence-corrected chi connectivity index (χ2v) is 6.50. The molecule has 0 saturated carbocycles. The molecule has 0 aliphatic heterocycles. The van der Waals surface area contributed by atoms with Crippen LogP contribution in [0.1, 0.15) is 5.56 Å². The molecule has 0 aliphatic rings. The van der Waals surface area contributed by atoms with Gasteiger partial charge in [-0.15, -0.1) is 11.6 Å². The van der Waals surface area contributed by atoms with Gasteiger partial charge in [-0.05, 0) is 23.8 Å². The third-order valence-electron chi connectivity index (χ3n) is 3.20. The van der Waals surface area contributed by atoms with Gasteiger partial charge in [0.25, 0.3) is 10.0 Å². The quantitative estimate of drug-likeness (QED) is 0.693. The lowest BCUT2D eigenvalue weighted by molar-refractivity contribution is 0.589. The van der Waals surface area contributed by atoms with Crippen LogP contribution >= 0.6 is 11.6 Å². The summed E-state index contributed by atoms with van der Waals surface area (Å²) in [6, 6.07) is 15.7. The fourth-order valence-electron chi connectivity index (χ4n) is 2.23. The summed E-state index contributed by atoms with van der Waals surface area (Å²) in [5.41, 5.74) is 1.45. The van der Waals surface area contributed by atoms with E-state index in [1.165, 1.54) is 3.97 Å². The predicted molar refractivity (Wildman–Crippen MR) is 80.5 cm³/mol. The summed E-state index contributed by atoms with van der Waals surface area (Å²) >= 11 is 5.91. The Hall–Kier alpha value is -1.78. The largest absolute Gasteiger partial charge is 0.268 e. The number of fused-ring (bicyclic) bond motifs is 1.